The fraction of sp³-hybridized carbons (Fsp3) is 0.0196. The largest absolute Gasteiger partial charge is 0.456 e. The minimum Gasteiger partial charge on any atom is -0.456 e. The van der Waals surface area contributed by atoms with Crippen LogP contribution in [0.4, 0.5) is 0 Å². The third kappa shape index (κ3) is 4.95. The van der Waals surface area contributed by atoms with E-state index >= 15 is 0 Å². The minimum atomic E-state index is -0.456. The predicted octanol–water partition coefficient (Wildman–Crippen LogP) is 13.1. The lowest BCUT2D eigenvalue weighted by Crippen LogP contribution is -2.03. The number of aryl methyl sites for hydroxylation is 1. The van der Waals surface area contributed by atoms with E-state index in [0.29, 0.717) is 33.8 Å². The summed E-state index contributed by atoms with van der Waals surface area (Å²) in [6.45, 7) is 2.06. The molecule has 0 aliphatic rings. The molecule has 11 aromatic rings. The Balaban J connectivity index is 1.06. The molecule has 0 amide bonds. The molecule has 11 rings (SSSR count). The van der Waals surface area contributed by atoms with Crippen molar-refractivity contribution in [3.8, 4) is 44.9 Å². The van der Waals surface area contributed by atoms with Gasteiger partial charge in [0.25, 0.3) is 0 Å². The SMILES string of the molecule is Cc1cccc2c1ccc1cc(-c3cccc(-c4c5ccccc5c(-c5ccc(-c6cc7cc8ccccc8cc7oc6=O)o5)c5ccccc45)c3)c(=O)oc12. The molecule has 0 N–H and O–H groups in total. The Labute approximate surface area is 319 Å². The third-order valence-electron chi connectivity index (χ3n) is 11.1. The second kappa shape index (κ2) is 12.3. The highest BCUT2D eigenvalue weighted by Gasteiger charge is 2.21. The second-order valence-electron chi connectivity index (χ2n) is 14.4. The van der Waals surface area contributed by atoms with Crippen LogP contribution in [0.2, 0.25) is 0 Å². The van der Waals surface area contributed by atoms with E-state index in [1.165, 1.54) is 0 Å². The summed E-state index contributed by atoms with van der Waals surface area (Å²) in [6, 6.07) is 54.4. The summed E-state index contributed by atoms with van der Waals surface area (Å²) in [6.07, 6.45) is 0. The monoisotopic (exact) mass is 722 g/mol. The highest BCUT2D eigenvalue weighted by Crippen LogP contribution is 2.45. The molecule has 0 saturated heterocycles. The molecule has 0 spiro atoms. The molecule has 8 aromatic carbocycles. The first-order valence-electron chi connectivity index (χ1n) is 18.6. The van der Waals surface area contributed by atoms with Gasteiger partial charge in [0, 0.05) is 21.7 Å². The zero-order valence-electron chi connectivity index (χ0n) is 30.1. The number of hydrogen-bond acceptors (Lipinski definition) is 5. The van der Waals surface area contributed by atoms with Gasteiger partial charge in [-0.25, -0.2) is 9.59 Å². The first kappa shape index (κ1) is 32.0. The van der Waals surface area contributed by atoms with Crippen LogP contribution < -0.4 is 11.3 Å². The maximum absolute atomic E-state index is 13.7. The number of hydrogen-bond donors (Lipinski definition) is 0. The quantitative estimate of drug-likeness (QED) is 0.103. The molecule has 3 aromatic heterocycles. The Morgan fingerprint density at radius 1 is 0.375 bits per heavy atom. The van der Waals surface area contributed by atoms with Gasteiger partial charge in [-0.2, -0.15) is 0 Å². The molecule has 264 valence electrons. The Bertz CT molecular complexity index is 3490. The lowest BCUT2D eigenvalue weighted by atomic mass is 9.87. The molecule has 0 radical (unpaired) electrons. The fourth-order valence-corrected chi connectivity index (χ4v) is 8.44. The van der Waals surface area contributed by atoms with Crippen molar-refractivity contribution in [2.75, 3.05) is 0 Å². The predicted molar refractivity (Wildman–Crippen MR) is 227 cm³/mol. The standard InChI is InChI=1S/C51H30O5/c1-29-10-8-19-41-36(29)21-20-34-26-42(50(52)56-49(34)41)32-13-9-14-33(25-32)47-37-15-4-6-17-39(37)48(40-18-7-5-16-38(40)47)45-23-22-44(54-45)43-27-35-24-30-11-2-3-12-31(30)28-46(35)55-51(43)53/h2-28H,1H3. The van der Waals surface area contributed by atoms with E-state index in [0.717, 1.165) is 81.7 Å². The van der Waals surface area contributed by atoms with E-state index < -0.39 is 5.63 Å². The van der Waals surface area contributed by atoms with Crippen LogP contribution in [0, 0.1) is 6.92 Å². The summed E-state index contributed by atoms with van der Waals surface area (Å²) in [4.78, 5) is 27.0. The Hall–Kier alpha value is -7.50. The van der Waals surface area contributed by atoms with Crippen LogP contribution in [0.1, 0.15) is 5.56 Å². The van der Waals surface area contributed by atoms with Crippen molar-refractivity contribution in [2.45, 2.75) is 6.92 Å². The maximum atomic E-state index is 13.7. The van der Waals surface area contributed by atoms with E-state index in [2.05, 4.69) is 55.5 Å². The second-order valence-corrected chi connectivity index (χ2v) is 14.4. The van der Waals surface area contributed by atoms with Gasteiger partial charge in [0.2, 0.25) is 0 Å². The smallest absolute Gasteiger partial charge is 0.347 e. The molecule has 3 heterocycles. The summed E-state index contributed by atoms with van der Waals surface area (Å²) in [5.74, 6) is 1.08. The Morgan fingerprint density at radius 3 is 1.75 bits per heavy atom. The van der Waals surface area contributed by atoms with E-state index in [-0.39, 0.29) is 5.63 Å². The average molecular weight is 723 g/mol. The molecular weight excluding hydrogens is 693 g/mol. The Morgan fingerprint density at radius 2 is 0.982 bits per heavy atom. The van der Waals surface area contributed by atoms with Crippen LogP contribution in [0.25, 0.3) is 110 Å². The summed E-state index contributed by atoms with van der Waals surface area (Å²) in [5.41, 5.74) is 6.01. The van der Waals surface area contributed by atoms with Gasteiger partial charge in [-0.3, -0.25) is 0 Å². The molecule has 0 fully saturated rings. The minimum absolute atomic E-state index is 0.363. The van der Waals surface area contributed by atoms with Crippen molar-refractivity contribution in [1.82, 2.24) is 0 Å². The maximum Gasteiger partial charge on any atom is 0.347 e. The lowest BCUT2D eigenvalue weighted by Gasteiger charge is -2.17. The molecule has 5 heteroatoms. The highest BCUT2D eigenvalue weighted by molar-refractivity contribution is 6.21. The number of benzene rings is 8. The van der Waals surface area contributed by atoms with Crippen molar-refractivity contribution in [2.24, 2.45) is 0 Å². The van der Waals surface area contributed by atoms with E-state index in [1.807, 2.05) is 115 Å². The highest BCUT2D eigenvalue weighted by atomic mass is 16.4. The Kier molecular flexibility index (Phi) is 7.00. The molecule has 0 atom stereocenters. The molecule has 0 unspecified atom stereocenters. The molecule has 0 saturated carbocycles. The van der Waals surface area contributed by atoms with Crippen LogP contribution in [-0.2, 0) is 0 Å². The average Bonchev–Trinajstić information content (AvgIpc) is 3.71. The van der Waals surface area contributed by atoms with Crippen molar-refractivity contribution in [3.63, 3.8) is 0 Å². The number of furan rings is 1. The normalized spacial score (nSPS) is 11.8. The number of rotatable bonds is 4. The molecular formula is C51H30O5. The van der Waals surface area contributed by atoms with Crippen LogP contribution in [-0.4, -0.2) is 0 Å². The molecule has 0 aliphatic heterocycles. The van der Waals surface area contributed by atoms with Gasteiger partial charge in [0.05, 0.1) is 5.56 Å². The van der Waals surface area contributed by atoms with Crippen LogP contribution in [0.3, 0.4) is 0 Å². The van der Waals surface area contributed by atoms with E-state index in [9.17, 15) is 9.59 Å². The zero-order valence-corrected chi connectivity index (χ0v) is 30.1. The summed E-state index contributed by atoms with van der Waals surface area (Å²) in [5, 5.41) is 9.81. The van der Waals surface area contributed by atoms with Gasteiger partial charge in [-0.1, -0.05) is 121 Å². The van der Waals surface area contributed by atoms with Gasteiger partial charge in [0.15, 0.2) is 0 Å². The molecule has 5 nitrogen and oxygen atoms in total. The third-order valence-corrected chi connectivity index (χ3v) is 11.1. The van der Waals surface area contributed by atoms with Gasteiger partial charge < -0.3 is 13.3 Å². The van der Waals surface area contributed by atoms with Crippen molar-refractivity contribution < 1.29 is 13.3 Å². The molecule has 0 aliphatic carbocycles. The summed E-state index contributed by atoms with van der Waals surface area (Å²) in [7, 11) is 0. The van der Waals surface area contributed by atoms with Gasteiger partial charge in [0.1, 0.15) is 28.2 Å². The van der Waals surface area contributed by atoms with Crippen molar-refractivity contribution >= 4 is 65.0 Å². The zero-order chi connectivity index (χ0) is 37.5. The van der Waals surface area contributed by atoms with Gasteiger partial charge in [-0.15, -0.1) is 0 Å². The first-order chi connectivity index (χ1) is 27.5. The van der Waals surface area contributed by atoms with Crippen LogP contribution in [0.15, 0.2) is 187 Å². The van der Waals surface area contributed by atoms with Crippen LogP contribution >= 0.6 is 0 Å². The lowest BCUT2D eigenvalue weighted by molar-refractivity contribution is 0.552. The van der Waals surface area contributed by atoms with Gasteiger partial charge in [-0.05, 0) is 109 Å². The van der Waals surface area contributed by atoms with Crippen molar-refractivity contribution in [3.05, 3.63) is 190 Å². The first-order valence-corrected chi connectivity index (χ1v) is 18.6. The molecule has 56 heavy (non-hydrogen) atoms. The van der Waals surface area contributed by atoms with E-state index in [1.54, 1.807) is 0 Å². The van der Waals surface area contributed by atoms with Crippen LogP contribution in [0.5, 0.6) is 0 Å². The number of fused-ring (bicyclic) bond motifs is 7. The van der Waals surface area contributed by atoms with E-state index in [4.69, 9.17) is 13.3 Å². The topological polar surface area (TPSA) is 73.6 Å². The fourth-order valence-electron chi connectivity index (χ4n) is 8.44. The van der Waals surface area contributed by atoms with Gasteiger partial charge >= 0.3 is 11.3 Å². The summed E-state index contributed by atoms with van der Waals surface area (Å²) >= 11 is 0. The van der Waals surface area contributed by atoms with Crippen molar-refractivity contribution in [1.29, 1.82) is 0 Å². The summed E-state index contributed by atoms with van der Waals surface area (Å²) < 4.78 is 18.5. The molecule has 0 bridgehead atoms.